The second kappa shape index (κ2) is 6.29. The molecule has 0 saturated carbocycles. The summed E-state index contributed by atoms with van der Waals surface area (Å²) in [6, 6.07) is 7.61. The number of methoxy groups -OCH3 is 3. The first kappa shape index (κ1) is 14.7. The minimum Gasteiger partial charge on any atom is -0.497 e. The molecule has 116 valence electrons. The zero-order valence-corrected chi connectivity index (χ0v) is 12.4. The van der Waals surface area contributed by atoms with Gasteiger partial charge in [0.1, 0.15) is 24.1 Å². The van der Waals surface area contributed by atoms with Crippen LogP contribution in [0.3, 0.4) is 0 Å². The lowest BCUT2D eigenvalue weighted by Crippen LogP contribution is -2.43. The SMILES string of the molecule is COc1ccc(C2OC[C@H]3O[C@@H](OC)[C@H](OC)[C@H]3O2)cc1. The third kappa shape index (κ3) is 2.77. The fourth-order valence-corrected chi connectivity index (χ4v) is 2.73. The Kier molecular flexibility index (Phi) is 4.42. The van der Waals surface area contributed by atoms with E-state index in [0.717, 1.165) is 11.3 Å². The third-order valence-corrected chi connectivity index (χ3v) is 3.85. The first-order chi connectivity index (χ1) is 10.3. The first-order valence-corrected chi connectivity index (χ1v) is 6.89. The highest BCUT2D eigenvalue weighted by Crippen LogP contribution is 2.36. The van der Waals surface area contributed by atoms with E-state index in [9.17, 15) is 0 Å². The lowest BCUT2D eigenvalue weighted by Gasteiger charge is -2.33. The van der Waals surface area contributed by atoms with Gasteiger partial charge >= 0.3 is 0 Å². The Morgan fingerprint density at radius 3 is 2.38 bits per heavy atom. The van der Waals surface area contributed by atoms with Crippen molar-refractivity contribution in [3.05, 3.63) is 29.8 Å². The van der Waals surface area contributed by atoms with E-state index in [0.29, 0.717) is 6.61 Å². The molecule has 1 aromatic rings. The van der Waals surface area contributed by atoms with E-state index in [1.165, 1.54) is 0 Å². The lowest BCUT2D eigenvalue weighted by atomic mass is 10.1. The molecule has 0 spiro atoms. The van der Waals surface area contributed by atoms with Crippen molar-refractivity contribution in [3.8, 4) is 5.75 Å². The van der Waals surface area contributed by atoms with Crippen LogP contribution < -0.4 is 4.74 Å². The molecule has 6 heteroatoms. The summed E-state index contributed by atoms with van der Waals surface area (Å²) in [5.74, 6) is 0.797. The molecule has 21 heavy (non-hydrogen) atoms. The van der Waals surface area contributed by atoms with Crippen molar-refractivity contribution >= 4 is 0 Å². The van der Waals surface area contributed by atoms with Crippen LogP contribution in [0.2, 0.25) is 0 Å². The van der Waals surface area contributed by atoms with E-state index in [4.69, 9.17) is 28.4 Å². The van der Waals surface area contributed by atoms with E-state index in [1.54, 1.807) is 21.3 Å². The zero-order valence-electron chi connectivity index (χ0n) is 12.4. The molecule has 0 amide bonds. The monoisotopic (exact) mass is 296 g/mol. The van der Waals surface area contributed by atoms with Gasteiger partial charge in [0.05, 0.1) is 13.7 Å². The quantitative estimate of drug-likeness (QED) is 0.839. The second-order valence-corrected chi connectivity index (χ2v) is 5.02. The first-order valence-electron chi connectivity index (χ1n) is 6.89. The second-order valence-electron chi connectivity index (χ2n) is 5.02. The van der Waals surface area contributed by atoms with Gasteiger partial charge < -0.3 is 28.4 Å². The molecule has 0 aliphatic carbocycles. The summed E-state index contributed by atoms with van der Waals surface area (Å²) in [6.07, 6.45) is -1.50. The van der Waals surface area contributed by atoms with Crippen molar-refractivity contribution in [1.82, 2.24) is 0 Å². The summed E-state index contributed by atoms with van der Waals surface area (Å²) in [5.41, 5.74) is 0.935. The molecule has 5 atom stereocenters. The Morgan fingerprint density at radius 2 is 1.76 bits per heavy atom. The highest BCUT2D eigenvalue weighted by Gasteiger charge is 2.50. The van der Waals surface area contributed by atoms with Gasteiger partial charge in [0, 0.05) is 19.8 Å². The highest BCUT2D eigenvalue weighted by molar-refractivity contribution is 5.28. The van der Waals surface area contributed by atoms with Gasteiger partial charge in [-0.25, -0.2) is 0 Å². The van der Waals surface area contributed by atoms with Crippen LogP contribution in [0.5, 0.6) is 5.75 Å². The minimum atomic E-state index is -0.436. The summed E-state index contributed by atoms with van der Waals surface area (Å²) in [5, 5.41) is 0. The summed E-state index contributed by atoms with van der Waals surface area (Å²) in [7, 11) is 4.86. The molecule has 0 aromatic heterocycles. The molecular formula is C15H20O6. The van der Waals surface area contributed by atoms with E-state index < -0.39 is 12.6 Å². The molecule has 1 unspecified atom stereocenters. The smallest absolute Gasteiger partial charge is 0.186 e. The Balaban J connectivity index is 1.73. The van der Waals surface area contributed by atoms with Crippen LogP contribution in [-0.2, 0) is 23.7 Å². The number of fused-ring (bicyclic) bond motifs is 1. The van der Waals surface area contributed by atoms with Crippen molar-refractivity contribution in [3.63, 3.8) is 0 Å². The van der Waals surface area contributed by atoms with Crippen LogP contribution in [0.25, 0.3) is 0 Å². The van der Waals surface area contributed by atoms with Crippen LogP contribution >= 0.6 is 0 Å². The van der Waals surface area contributed by atoms with Gasteiger partial charge in [-0.2, -0.15) is 0 Å². The average molecular weight is 296 g/mol. The fraction of sp³-hybridized carbons (Fsp3) is 0.600. The average Bonchev–Trinajstić information content (AvgIpc) is 2.91. The van der Waals surface area contributed by atoms with Gasteiger partial charge in [0.2, 0.25) is 0 Å². The normalized spacial score (nSPS) is 35.5. The maximum atomic E-state index is 6.01. The van der Waals surface area contributed by atoms with Gasteiger partial charge in [-0.3, -0.25) is 0 Å². The van der Waals surface area contributed by atoms with Crippen LogP contribution in [0.1, 0.15) is 11.9 Å². The summed E-state index contributed by atoms with van der Waals surface area (Å²) >= 11 is 0. The molecule has 0 radical (unpaired) electrons. The van der Waals surface area contributed by atoms with Crippen molar-refractivity contribution in [2.75, 3.05) is 27.9 Å². The van der Waals surface area contributed by atoms with Crippen LogP contribution in [0, 0.1) is 0 Å². The van der Waals surface area contributed by atoms with Crippen LogP contribution in [0.4, 0.5) is 0 Å². The molecule has 3 rings (SSSR count). The van der Waals surface area contributed by atoms with Gasteiger partial charge in [-0.1, -0.05) is 12.1 Å². The van der Waals surface area contributed by atoms with E-state index in [1.807, 2.05) is 24.3 Å². The Labute approximate surface area is 123 Å². The molecule has 2 fully saturated rings. The largest absolute Gasteiger partial charge is 0.497 e. The van der Waals surface area contributed by atoms with E-state index >= 15 is 0 Å². The molecule has 2 heterocycles. The number of ether oxygens (including phenoxy) is 6. The third-order valence-electron chi connectivity index (χ3n) is 3.85. The standard InChI is InChI=1S/C15H20O6/c1-16-10-6-4-9(5-7-10)14-19-8-11-12(21-14)13(17-2)15(18-3)20-11/h4-7,11-15H,8H2,1-3H3/t11-,12+,13-,14?,15-/m1/s1. The van der Waals surface area contributed by atoms with Gasteiger partial charge in [-0.15, -0.1) is 0 Å². The summed E-state index contributed by atoms with van der Waals surface area (Å²) in [6.45, 7) is 0.446. The van der Waals surface area contributed by atoms with E-state index in [-0.39, 0.29) is 18.3 Å². The number of hydrogen-bond acceptors (Lipinski definition) is 6. The van der Waals surface area contributed by atoms with Gasteiger partial charge in [0.15, 0.2) is 12.6 Å². The molecule has 2 aliphatic heterocycles. The molecule has 6 nitrogen and oxygen atoms in total. The Bertz CT molecular complexity index is 462. The number of rotatable bonds is 4. The molecule has 2 aliphatic rings. The zero-order chi connectivity index (χ0) is 14.8. The number of hydrogen-bond donors (Lipinski definition) is 0. The summed E-state index contributed by atoms with van der Waals surface area (Å²) in [4.78, 5) is 0. The molecule has 0 bridgehead atoms. The predicted molar refractivity (Wildman–Crippen MR) is 73.0 cm³/mol. The lowest BCUT2D eigenvalue weighted by molar-refractivity contribution is -0.254. The molecule has 1 aromatic carbocycles. The molecule has 2 saturated heterocycles. The van der Waals surface area contributed by atoms with E-state index in [2.05, 4.69) is 0 Å². The maximum Gasteiger partial charge on any atom is 0.186 e. The van der Waals surface area contributed by atoms with Crippen molar-refractivity contribution < 1.29 is 28.4 Å². The fourth-order valence-electron chi connectivity index (χ4n) is 2.73. The predicted octanol–water partition coefficient (Wildman–Crippen LogP) is 1.50. The van der Waals surface area contributed by atoms with Crippen molar-refractivity contribution in [2.45, 2.75) is 30.9 Å². The van der Waals surface area contributed by atoms with Crippen LogP contribution in [0.15, 0.2) is 24.3 Å². The van der Waals surface area contributed by atoms with Gasteiger partial charge in [0.25, 0.3) is 0 Å². The summed E-state index contributed by atoms with van der Waals surface area (Å²) < 4.78 is 33.4. The topological polar surface area (TPSA) is 55.4 Å². The maximum absolute atomic E-state index is 6.01. The number of benzene rings is 1. The highest BCUT2D eigenvalue weighted by atomic mass is 16.8. The van der Waals surface area contributed by atoms with Crippen molar-refractivity contribution in [2.24, 2.45) is 0 Å². The van der Waals surface area contributed by atoms with Gasteiger partial charge in [-0.05, 0) is 12.1 Å². The van der Waals surface area contributed by atoms with Crippen LogP contribution in [-0.4, -0.2) is 52.5 Å². The minimum absolute atomic E-state index is 0.172. The molecular weight excluding hydrogens is 276 g/mol. The van der Waals surface area contributed by atoms with Crippen molar-refractivity contribution in [1.29, 1.82) is 0 Å². The molecule has 0 N–H and O–H groups in total. The Morgan fingerprint density at radius 1 is 1.00 bits per heavy atom. The Hall–Kier alpha value is -1.18.